The van der Waals surface area contributed by atoms with Gasteiger partial charge in [-0.3, -0.25) is 14.5 Å². The number of fused-ring (bicyclic) bond motifs is 3. The van der Waals surface area contributed by atoms with Crippen LogP contribution in [0.4, 0.5) is 5.69 Å². The molecule has 13 rings (SSSR count). The summed E-state index contributed by atoms with van der Waals surface area (Å²) >= 11 is 0. The first-order valence-electron chi connectivity index (χ1n) is 34.4. The van der Waals surface area contributed by atoms with Crippen molar-refractivity contribution in [2.45, 2.75) is 176 Å². The van der Waals surface area contributed by atoms with Gasteiger partial charge in [0.1, 0.15) is 11.6 Å². The van der Waals surface area contributed by atoms with E-state index in [0.29, 0.717) is 17.7 Å². The molecule has 1 radical (unpaired) electrons. The summed E-state index contributed by atoms with van der Waals surface area (Å²) in [5.74, 6) is 2.57. The number of para-hydroxylation sites is 5. The van der Waals surface area contributed by atoms with Gasteiger partial charge in [-0.2, -0.15) is 0 Å². The minimum absolute atomic E-state index is 0. The van der Waals surface area contributed by atoms with Gasteiger partial charge in [-0.25, -0.2) is 4.98 Å². The predicted molar refractivity (Wildman–Crippen MR) is 406 cm³/mol. The Bertz CT molecular complexity index is 4850. The minimum atomic E-state index is -0.273. The maximum absolute atomic E-state index is 12.1. The molecule has 1 aliphatic rings. The van der Waals surface area contributed by atoms with Crippen molar-refractivity contribution in [1.82, 2.24) is 19.1 Å². The van der Waals surface area contributed by atoms with Gasteiger partial charge in [-0.1, -0.05) is 264 Å². The Labute approximate surface area is 591 Å². The summed E-state index contributed by atoms with van der Waals surface area (Å²) in [4.78, 5) is 16.2. The molecule has 1 aliphatic heterocycles. The Hall–Kier alpha value is -8.74. The zero-order valence-electron chi connectivity index (χ0n) is 60.4. The van der Waals surface area contributed by atoms with E-state index < -0.39 is 0 Å². The minimum Gasteiger partial charge on any atom is -0.507 e. The van der Waals surface area contributed by atoms with E-state index >= 15 is 0 Å². The predicted octanol–water partition coefficient (Wildman–Crippen LogP) is 24.0. The summed E-state index contributed by atoms with van der Waals surface area (Å²) in [6, 6.07) is 80.7. The number of rotatable bonds is 10. The zero-order chi connectivity index (χ0) is 68.6. The van der Waals surface area contributed by atoms with Gasteiger partial charge in [-0.05, 0) is 137 Å². The zero-order valence-corrected chi connectivity index (χ0v) is 62.8. The molecule has 0 spiro atoms. The van der Waals surface area contributed by atoms with E-state index in [1.807, 2.05) is 18.2 Å². The molecule has 0 bridgehead atoms. The van der Waals surface area contributed by atoms with Crippen molar-refractivity contribution >= 4 is 33.5 Å². The molecule has 6 nitrogen and oxygen atoms in total. The quantitative estimate of drug-likeness (QED) is 0.139. The fourth-order valence-corrected chi connectivity index (χ4v) is 14.0. The molecule has 12 aromatic rings. The number of hydrogen-bond acceptors (Lipinski definition) is 4. The average Bonchev–Trinajstić information content (AvgIpc) is 1.64. The molecule has 3 heterocycles. The van der Waals surface area contributed by atoms with Crippen molar-refractivity contribution in [1.29, 1.82) is 0 Å². The molecule has 97 heavy (non-hydrogen) atoms. The van der Waals surface area contributed by atoms with Crippen LogP contribution in [0.1, 0.15) is 205 Å². The standard InChI is InChI=1S/C47H50N3.C43H45N2O.Ir/c1-29(2)33-21-16-22-34(30(3)4)44(33)50-40-27-14-13-26-39(40)49-45(50)32-19-15-18-31(28-32)43-41(35-20-11-12-25-38(35)48-43)42-36(46(5,6)7)23-17-24-37(42)47(8,9)10;1-41(2,3)30-23-24-36(33(25-30)29-19-14-11-15-20-29)45-37-22-16-21-32(28-17-12-10-13-18-28)38(37)44-40(45)34-26-31(42(4,5)6)27-35(39(34)46)43(7,8)9;/h11-27,29-30,41H,1-10H3;10-17,19-27,46H,1-9H3;/q2*-1;. The molecule has 497 valence electrons. The van der Waals surface area contributed by atoms with E-state index in [-0.39, 0.29) is 58.8 Å². The van der Waals surface area contributed by atoms with Gasteiger partial charge >= 0.3 is 0 Å². The van der Waals surface area contributed by atoms with Gasteiger partial charge in [0.25, 0.3) is 0 Å². The van der Waals surface area contributed by atoms with E-state index in [0.717, 1.165) is 95.0 Å². The second kappa shape index (κ2) is 26.6. The molecule has 0 aliphatic carbocycles. The van der Waals surface area contributed by atoms with Crippen LogP contribution in [0.15, 0.2) is 211 Å². The van der Waals surface area contributed by atoms with Gasteiger partial charge < -0.3 is 9.67 Å². The summed E-state index contributed by atoms with van der Waals surface area (Å²) in [6.07, 6.45) is 0. The van der Waals surface area contributed by atoms with Crippen LogP contribution in [0.25, 0.3) is 78.5 Å². The molecule has 0 amide bonds. The van der Waals surface area contributed by atoms with Crippen LogP contribution >= 0.6 is 0 Å². The first-order valence-corrected chi connectivity index (χ1v) is 34.4. The Kier molecular flexibility index (Phi) is 19.1. The maximum Gasteiger partial charge on any atom is 0.148 e. The van der Waals surface area contributed by atoms with Crippen LogP contribution in [0.3, 0.4) is 0 Å². The summed E-state index contributed by atoms with van der Waals surface area (Å²) in [6.45, 7) is 43.0. The number of aliphatic imine (C=N–C) groups is 1. The van der Waals surface area contributed by atoms with E-state index in [1.54, 1.807) is 0 Å². The SMILES string of the molecule is CC(C)(C)c1ccc(-n2c(-c3cc(C(C)(C)C)cc(C(C)(C)C)c3O)nc3c(-c4[c-]cccc4)cccc32)c(-c2ccccc2)c1.CC(C)c1cccc(C(C)C)c1-n1c(-c2[c-]c(C3=Nc4ccccc4C3c3c(C(C)(C)C)cccc3C(C)(C)C)ccc2)nc2ccccc21.[Ir]. The summed E-state index contributed by atoms with van der Waals surface area (Å²) in [5.41, 5.74) is 26.0. The molecule has 0 saturated heterocycles. The molecule has 0 fully saturated rings. The second-order valence-corrected chi connectivity index (χ2v) is 32.1. The molecule has 10 aromatic carbocycles. The third kappa shape index (κ3) is 13.6. The molecule has 1 unspecified atom stereocenters. The molecule has 0 saturated carbocycles. The Morgan fingerprint density at radius 3 is 1.63 bits per heavy atom. The number of nitrogens with zero attached hydrogens (tertiary/aromatic N) is 5. The number of aromatic hydroxyl groups is 1. The topological polar surface area (TPSA) is 68.2 Å². The van der Waals surface area contributed by atoms with E-state index in [9.17, 15) is 5.11 Å². The van der Waals surface area contributed by atoms with Crippen molar-refractivity contribution in [2.24, 2.45) is 4.99 Å². The Balaban J connectivity index is 0.000000195. The molecular formula is C90H95IrN5O-2. The van der Waals surface area contributed by atoms with Crippen molar-refractivity contribution in [3.8, 4) is 62.2 Å². The van der Waals surface area contributed by atoms with Gasteiger partial charge in [-0.15, -0.1) is 65.7 Å². The second-order valence-electron chi connectivity index (χ2n) is 32.1. The third-order valence-corrected chi connectivity index (χ3v) is 19.1. The van der Waals surface area contributed by atoms with Gasteiger partial charge in [0, 0.05) is 42.8 Å². The normalized spacial score (nSPS) is 13.6. The maximum atomic E-state index is 12.1. The third-order valence-electron chi connectivity index (χ3n) is 19.1. The number of imidazole rings is 2. The average molecular weight is 1460 g/mol. The summed E-state index contributed by atoms with van der Waals surface area (Å²) in [7, 11) is 0. The fourth-order valence-electron chi connectivity index (χ4n) is 14.0. The molecule has 1 N–H and O–H groups in total. The Morgan fingerprint density at radius 1 is 0.443 bits per heavy atom. The van der Waals surface area contributed by atoms with Crippen molar-refractivity contribution in [3.05, 3.63) is 274 Å². The van der Waals surface area contributed by atoms with Crippen LogP contribution in [-0.2, 0) is 47.2 Å². The monoisotopic (exact) mass is 1450 g/mol. The number of phenolic OH excluding ortho intramolecular Hbond substituents is 1. The van der Waals surface area contributed by atoms with Crippen molar-refractivity contribution < 1.29 is 25.2 Å². The smallest absolute Gasteiger partial charge is 0.148 e. The number of aromatic nitrogens is 4. The number of hydrogen-bond donors (Lipinski definition) is 1. The molecule has 7 heteroatoms. The van der Waals surface area contributed by atoms with E-state index in [4.69, 9.17) is 15.0 Å². The first-order chi connectivity index (χ1) is 45.4. The summed E-state index contributed by atoms with van der Waals surface area (Å²) in [5, 5.41) is 12.1. The van der Waals surface area contributed by atoms with Crippen LogP contribution in [0.2, 0.25) is 0 Å². The van der Waals surface area contributed by atoms with E-state index in [2.05, 4.69) is 341 Å². The number of benzene rings is 10. The fraction of sp³-hybridized carbons (Fsp3) is 0.300. The largest absolute Gasteiger partial charge is 0.507 e. The Morgan fingerprint density at radius 2 is 1.00 bits per heavy atom. The number of phenols is 1. The molecular weight excluding hydrogens is 1360 g/mol. The van der Waals surface area contributed by atoms with Crippen LogP contribution in [-0.4, -0.2) is 29.9 Å². The van der Waals surface area contributed by atoms with Gasteiger partial charge in [0.15, 0.2) is 0 Å². The molecule has 2 aromatic heterocycles. The first kappa shape index (κ1) is 69.6. The van der Waals surface area contributed by atoms with Crippen LogP contribution in [0, 0.1) is 12.1 Å². The van der Waals surface area contributed by atoms with Crippen LogP contribution in [0.5, 0.6) is 5.75 Å². The van der Waals surface area contributed by atoms with Crippen molar-refractivity contribution in [2.75, 3.05) is 0 Å². The van der Waals surface area contributed by atoms with Crippen LogP contribution < -0.4 is 0 Å². The van der Waals surface area contributed by atoms with Gasteiger partial charge in [0.2, 0.25) is 0 Å². The van der Waals surface area contributed by atoms with E-state index in [1.165, 1.54) is 44.6 Å². The van der Waals surface area contributed by atoms with Gasteiger partial charge in [0.05, 0.1) is 44.8 Å². The molecule has 1 atom stereocenters. The van der Waals surface area contributed by atoms with Crippen molar-refractivity contribution in [3.63, 3.8) is 0 Å². The summed E-state index contributed by atoms with van der Waals surface area (Å²) < 4.78 is 4.65.